The van der Waals surface area contributed by atoms with Gasteiger partial charge in [0.15, 0.2) is 0 Å². The summed E-state index contributed by atoms with van der Waals surface area (Å²) in [5, 5.41) is 13.2. The standard InChI is InChI=1S/C7H4F2N2.C7H5FN2.CO2/c8-4-1-2-6-5(3-4)7(9)11-10-6;8-6-1-2-7-5(3-6)4-9-10-7;2-1-3/h1-3H,(H,10,11);1-4H,(H,9,10);. The lowest BCUT2D eigenvalue weighted by Crippen LogP contribution is -1.74. The van der Waals surface area contributed by atoms with Gasteiger partial charge in [0.1, 0.15) is 11.6 Å². The lowest BCUT2D eigenvalue weighted by Gasteiger charge is -1.86. The van der Waals surface area contributed by atoms with E-state index in [1.807, 2.05) is 0 Å². The molecule has 0 aliphatic rings. The van der Waals surface area contributed by atoms with E-state index in [9.17, 15) is 13.2 Å². The van der Waals surface area contributed by atoms with Crippen molar-refractivity contribution in [2.75, 3.05) is 0 Å². The Kier molecular flexibility index (Phi) is 5.43. The van der Waals surface area contributed by atoms with Gasteiger partial charge in [-0.05, 0) is 36.4 Å². The smallest absolute Gasteiger partial charge is 0.278 e. The minimum absolute atomic E-state index is 0.185. The number of nitrogens with one attached hydrogen (secondary N) is 2. The van der Waals surface area contributed by atoms with Gasteiger partial charge in [-0.1, -0.05) is 0 Å². The highest BCUT2D eigenvalue weighted by molar-refractivity contribution is 5.78. The van der Waals surface area contributed by atoms with E-state index in [2.05, 4.69) is 20.4 Å². The van der Waals surface area contributed by atoms with Gasteiger partial charge >= 0.3 is 6.15 Å². The second-order valence-electron chi connectivity index (χ2n) is 4.38. The third-order valence-corrected chi connectivity index (χ3v) is 2.87. The fourth-order valence-electron chi connectivity index (χ4n) is 1.86. The summed E-state index contributed by atoms with van der Waals surface area (Å²) < 4.78 is 37.6. The molecule has 2 N–H and O–H groups in total. The lowest BCUT2D eigenvalue weighted by atomic mass is 10.2. The quantitative estimate of drug-likeness (QED) is 0.517. The van der Waals surface area contributed by atoms with Crippen LogP contribution in [-0.4, -0.2) is 26.5 Å². The van der Waals surface area contributed by atoms with Crippen LogP contribution in [-0.2, 0) is 9.59 Å². The Labute approximate surface area is 132 Å². The second-order valence-corrected chi connectivity index (χ2v) is 4.38. The number of rotatable bonds is 0. The first kappa shape index (κ1) is 16.9. The summed E-state index contributed by atoms with van der Waals surface area (Å²) in [6.07, 6.45) is 1.85. The first-order chi connectivity index (χ1) is 11.5. The van der Waals surface area contributed by atoms with E-state index in [1.165, 1.54) is 24.3 Å². The molecule has 0 fully saturated rings. The molecule has 0 aliphatic heterocycles. The van der Waals surface area contributed by atoms with Crippen molar-refractivity contribution in [3.8, 4) is 0 Å². The molecule has 2 aromatic heterocycles. The zero-order chi connectivity index (χ0) is 17.5. The van der Waals surface area contributed by atoms with Crippen LogP contribution < -0.4 is 0 Å². The van der Waals surface area contributed by atoms with E-state index in [1.54, 1.807) is 12.3 Å². The number of H-pyrrole nitrogens is 2. The monoisotopic (exact) mass is 334 g/mol. The van der Waals surface area contributed by atoms with E-state index in [4.69, 9.17) is 9.59 Å². The SMILES string of the molecule is Fc1ccc2[nH]ncc2c1.Fc1ccc2n[nH]c(F)c2c1.O=C=O. The molecule has 0 atom stereocenters. The van der Waals surface area contributed by atoms with Gasteiger partial charge in [0.2, 0.25) is 5.95 Å². The predicted molar refractivity (Wildman–Crippen MR) is 77.1 cm³/mol. The highest BCUT2D eigenvalue weighted by Gasteiger charge is 2.03. The number of carbonyl (C=O) groups excluding carboxylic acids is 2. The lowest BCUT2D eigenvalue weighted by molar-refractivity contribution is -0.191. The fourth-order valence-corrected chi connectivity index (χ4v) is 1.86. The molecule has 122 valence electrons. The van der Waals surface area contributed by atoms with E-state index in [0.717, 1.165) is 17.0 Å². The highest BCUT2D eigenvalue weighted by Crippen LogP contribution is 2.15. The summed E-state index contributed by atoms with van der Waals surface area (Å²) in [6, 6.07) is 8.28. The third kappa shape index (κ3) is 4.05. The van der Waals surface area contributed by atoms with E-state index < -0.39 is 11.8 Å². The summed E-state index contributed by atoms with van der Waals surface area (Å²) in [5.41, 5.74) is 1.30. The van der Waals surface area contributed by atoms with Crippen molar-refractivity contribution in [2.24, 2.45) is 0 Å². The molecule has 0 spiro atoms. The average Bonchev–Trinajstić information content (AvgIpc) is 3.15. The van der Waals surface area contributed by atoms with Crippen molar-refractivity contribution in [1.82, 2.24) is 20.4 Å². The molecule has 9 heteroatoms. The largest absolute Gasteiger partial charge is 0.373 e. The molecule has 0 amide bonds. The first-order valence-corrected chi connectivity index (χ1v) is 6.42. The molecule has 0 saturated heterocycles. The second kappa shape index (κ2) is 7.70. The van der Waals surface area contributed by atoms with Crippen LogP contribution in [0.2, 0.25) is 0 Å². The van der Waals surface area contributed by atoms with E-state index in [0.29, 0.717) is 5.52 Å². The molecular formula is C15H9F3N4O2. The maximum Gasteiger partial charge on any atom is 0.373 e. The van der Waals surface area contributed by atoms with Gasteiger partial charge < -0.3 is 0 Å². The Bertz CT molecular complexity index is 991. The maximum atomic E-state index is 12.6. The van der Waals surface area contributed by atoms with Crippen LogP contribution in [0.25, 0.3) is 21.8 Å². The van der Waals surface area contributed by atoms with Crippen molar-refractivity contribution in [1.29, 1.82) is 0 Å². The van der Waals surface area contributed by atoms with Crippen LogP contribution >= 0.6 is 0 Å². The van der Waals surface area contributed by atoms with Gasteiger partial charge in [-0.3, -0.25) is 10.2 Å². The minimum atomic E-state index is -0.598. The van der Waals surface area contributed by atoms with Gasteiger partial charge in [0, 0.05) is 5.39 Å². The number of fused-ring (bicyclic) bond motifs is 2. The van der Waals surface area contributed by atoms with Crippen molar-refractivity contribution >= 4 is 28.0 Å². The van der Waals surface area contributed by atoms with Crippen LogP contribution in [0.15, 0.2) is 42.6 Å². The average molecular weight is 334 g/mol. The number of hydrogen-bond acceptors (Lipinski definition) is 4. The molecule has 0 saturated carbocycles. The number of hydrogen-bond donors (Lipinski definition) is 2. The topological polar surface area (TPSA) is 91.5 Å². The fraction of sp³-hybridized carbons (Fsp3) is 0. The molecule has 0 unspecified atom stereocenters. The molecular weight excluding hydrogens is 325 g/mol. The van der Waals surface area contributed by atoms with E-state index in [-0.39, 0.29) is 17.4 Å². The zero-order valence-corrected chi connectivity index (χ0v) is 11.9. The molecule has 0 aliphatic carbocycles. The summed E-state index contributed by atoms with van der Waals surface area (Å²) in [4.78, 5) is 16.2. The van der Waals surface area contributed by atoms with Crippen LogP contribution in [0.4, 0.5) is 13.2 Å². The van der Waals surface area contributed by atoms with Crippen LogP contribution in [0.5, 0.6) is 0 Å². The van der Waals surface area contributed by atoms with Gasteiger partial charge in [0.05, 0.1) is 22.6 Å². The maximum absolute atomic E-state index is 12.6. The van der Waals surface area contributed by atoms with Crippen molar-refractivity contribution in [2.45, 2.75) is 0 Å². The number of benzene rings is 2. The predicted octanol–water partition coefficient (Wildman–Crippen LogP) is 2.96. The normalized spacial score (nSPS) is 9.62. The van der Waals surface area contributed by atoms with Gasteiger partial charge in [-0.25, -0.2) is 8.78 Å². The number of halogens is 3. The summed E-state index contributed by atoms with van der Waals surface area (Å²) in [7, 11) is 0. The van der Waals surface area contributed by atoms with Crippen molar-refractivity contribution in [3.05, 3.63) is 60.2 Å². The van der Waals surface area contributed by atoms with E-state index >= 15 is 0 Å². The Morgan fingerprint density at radius 1 is 0.917 bits per heavy atom. The number of nitrogens with zero attached hydrogens (tertiary/aromatic N) is 2. The Balaban J connectivity index is 0.000000150. The molecule has 0 bridgehead atoms. The van der Waals surface area contributed by atoms with Gasteiger partial charge in [0.25, 0.3) is 0 Å². The molecule has 2 aromatic carbocycles. The van der Waals surface area contributed by atoms with Crippen LogP contribution in [0.3, 0.4) is 0 Å². The van der Waals surface area contributed by atoms with Crippen molar-refractivity contribution in [3.63, 3.8) is 0 Å². The Morgan fingerprint density at radius 3 is 2.33 bits per heavy atom. The molecule has 4 aromatic rings. The first-order valence-electron chi connectivity index (χ1n) is 6.42. The number of aromatic nitrogens is 4. The highest BCUT2D eigenvalue weighted by atomic mass is 19.1. The van der Waals surface area contributed by atoms with Gasteiger partial charge in [-0.15, -0.1) is 0 Å². The zero-order valence-electron chi connectivity index (χ0n) is 11.9. The summed E-state index contributed by atoms with van der Waals surface area (Å²) in [6.45, 7) is 0. The molecule has 6 nitrogen and oxygen atoms in total. The Morgan fingerprint density at radius 2 is 1.58 bits per heavy atom. The van der Waals surface area contributed by atoms with Crippen LogP contribution in [0, 0.1) is 17.6 Å². The van der Waals surface area contributed by atoms with Crippen molar-refractivity contribution < 1.29 is 22.8 Å². The minimum Gasteiger partial charge on any atom is -0.278 e. The summed E-state index contributed by atoms with van der Waals surface area (Å²) >= 11 is 0. The molecule has 4 rings (SSSR count). The Hall–Kier alpha value is -3.45. The molecule has 2 heterocycles. The van der Waals surface area contributed by atoms with Gasteiger partial charge in [-0.2, -0.15) is 24.2 Å². The summed E-state index contributed by atoms with van der Waals surface area (Å²) in [5.74, 6) is -1.29. The third-order valence-electron chi connectivity index (χ3n) is 2.87. The molecule has 0 radical (unpaired) electrons. The number of aromatic amines is 2. The molecule has 24 heavy (non-hydrogen) atoms. The van der Waals surface area contributed by atoms with Crippen LogP contribution in [0.1, 0.15) is 0 Å².